The molecule has 0 bridgehead atoms. The van der Waals surface area contributed by atoms with Crippen LogP contribution in [0.5, 0.6) is 0 Å². The van der Waals surface area contributed by atoms with Crippen molar-refractivity contribution in [2.45, 2.75) is 5.41 Å². The molecular weight excluding hydrogens is 1310 g/mol. The fourth-order valence-corrected chi connectivity index (χ4v) is 20.7. The van der Waals surface area contributed by atoms with Gasteiger partial charge in [-0.25, -0.2) is 29.9 Å². The van der Waals surface area contributed by atoms with Gasteiger partial charge in [0.2, 0.25) is 0 Å². The van der Waals surface area contributed by atoms with Gasteiger partial charge in [0.15, 0.2) is 34.9 Å². The molecule has 6 heterocycles. The fraction of sp³-hybridized carbons (Fsp3) is 0.0110. The minimum Gasteiger partial charge on any atom is -0.208 e. The van der Waals surface area contributed by atoms with E-state index in [1.165, 1.54) is 78.1 Å². The minimum atomic E-state index is -0.708. The van der Waals surface area contributed by atoms with Gasteiger partial charge in [0, 0.05) is 114 Å². The molecule has 1 unspecified atom stereocenters. The monoisotopic (exact) mass is 1360 g/mol. The van der Waals surface area contributed by atoms with Crippen LogP contribution in [0, 0.1) is 0 Å². The van der Waals surface area contributed by atoms with Crippen LogP contribution in [-0.4, -0.2) is 29.9 Å². The molecule has 0 radical (unpaired) electrons. The molecular formula is C91H52N6S4. The molecule has 0 N–H and O–H groups in total. The van der Waals surface area contributed by atoms with Crippen LogP contribution in [0.1, 0.15) is 22.3 Å². The van der Waals surface area contributed by atoms with Crippen LogP contribution in [0.25, 0.3) is 182 Å². The van der Waals surface area contributed by atoms with E-state index in [2.05, 4.69) is 315 Å². The summed E-state index contributed by atoms with van der Waals surface area (Å²) in [4.78, 5) is 33.1. The first kappa shape index (κ1) is 58.0. The van der Waals surface area contributed by atoms with E-state index in [0.717, 1.165) is 91.6 Å². The highest BCUT2D eigenvalue weighted by molar-refractivity contribution is 7.27. The molecule has 6 aromatic heterocycles. The van der Waals surface area contributed by atoms with Crippen LogP contribution in [-0.2, 0) is 5.41 Å². The third kappa shape index (κ3) is 9.06. The SMILES string of the molecule is c1ccc(-c2ccccc2-c2nc(-c3cccc4c3sc3cc(-c5ccc(C6(c7ccccc7)c7ccccc7-c7c(-c8nc(-c9cccc%10c9sc9ccccc9%10)nc(-c9cccc%10c9sc9ccccc9%10)n8)cccc76)cc5)ccc34)nc(-c3cccc4sc5ccccc5c34)n2)cc1. The van der Waals surface area contributed by atoms with Gasteiger partial charge in [-0.05, 0) is 104 Å². The summed E-state index contributed by atoms with van der Waals surface area (Å²) in [5.41, 5.74) is 16.5. The average Bonchev–Trinajstić information content (AvgIpc) is 1.53. The van der Waals surface area contributed by atoms with Gasteiger partial charge in [-0.3, -0.25) is 0 Å². The average molecular weight is 1360 g/mol. The van der Waals surface area contributed by atoms with Crippen LogP contribution in [0.4, 0.5) is 0 Å². The lowest BCUT2D eigenvalue weighted by Gasteiger charge is -2.34. The summed E-state index contributed by atoms with van der Waals surface area (Å²) in [5, 5.41) is 9.56. The molecule has 10 heteroatoms. The van der Waals surface area contributed by atoms with Crippen molar-refractivity contribution in [1.29, 1.82) is 0 Å². The van der Waals surface area contributed by atoms with Crippen LogP contribution >= 0.6 is 45.3 Å². The molecule has 0 fully saturated rings. The zero-order valence-corrected chi connectivity index (χ0v) is 57.1. The molecule has 470 valence electrons. The lowest BCUT2D eigenvalue weighted by Crippen LogP contribution is -2.28. The van der Waals surface area contributed by atoms with E-state index in [9.17, 15) is 0 Å². The number of rotatable bonds is 10. The van der Waals surface area contributed by atoms with E-state index in [-0.39, 0.29) is 0 Å². The second kappa shape index (κ2) is 23.0. The quantitative estimate of drug-likeness (QED) is 0.136. The van der Waals surface area contributed by atoms with Crippen molar-refractivity contribution in [2.75, 3.05) is 0 Å². The molecule has 1 aliphatic rings. The van der Waals surface area contributed by atoms with Crippen LogP contribution < -0.4 is 0 Å². The van der Waals surface area contributed by atoms with Crippen molar-refractivity contribution in [3.8, 4) is 102 Å². The number of nitrogens with zero attached hydrogens (tertiary/aromatic N) is 6. The summed E-state index contributed by atoms with van der Waals surface area (Å²) in [7, 11) is 0. The first-order chi connectivity index (χ1) is 50.1. The predicted molar refractivity (Wildman–Crippen MR) is 426 cm³/mol. The summed E-state index contributed by atoms with van der Waals surface area (Å²) in [6.45, 7) is 0. The Balaban J connectivity index is 0.703. The Kier molecular flexibility index (Phi) is 13.2. The molecule has 20 aromatic rings. The predicted octanol–water partition coefficient (Wildman–Crippen LogP) is 25.2. The molecule has 21 rings (SSSR count). The summed E-state index contributed by atoms with van der Waals surface area (Å²) in [6, 6.07) is 114. The molecule has 1 atom stereocenters. The number of aromatic nitrogens is 6. The topological polar surface area (TPSA) is 77.3 Å². The Hall–Kier alpha value is -12.0. The van der Waals surface area contributed by atoms with E-state index in [1.54, 1.807) is 45.3 Å². The van der Waals surface area contributed by atoms with Crippen molar-refractivity contribution >= 4 is 126 Å². The van der Waals surface area contributed by atoms with Crippen molar-refractivity contribution in [3.05, 3.63) is 338 Å². The normalized spacial score (nSPS) is 13.6. The highest BCUT2D eigenvalue weighted by atomic mass is 32.1. The fourth-order valence-electron chi connectivity index (χ4n) is 15.9. The van der Waals surface area contributed by atoms with Gasteiger partial charge in [0.25, 0.3) is 0 Å². The molecule has 14 aromatic carbocycles. The molecule has 0 amide bonds. The smallest absolute Gasteiger partial charge is 0.165 e. The van der Waals surface area contributed by atoms with Gasteiger partial charge >= 0.3 is 0 Å². The Morgan fingerprint density at radius 1 is 0.208 bits per heavy atom. The van der Waals surface area contributed by atoms with E-state index in [0.29, 0.717) is 34.9 Å². The van der Waals surface area contributed by atoms with Gasteiger partial charge < -0.3 is 0 Å². The number of fused-ring (bicyclic) bond motifs is 15. The summed E-state index contributed by atoms with van der Waals surface area (Å²) >= 11 is 7.18. The van der Waals surface area contributed by atoms with Gasteiger partial charge in [-0.2, -0.15) is 0 Å². The number of benzene rings is 14. The molecule has 0 aliphatic heterocycles. The zero-order chi connectivity index (χ0) is 66.3. The summed E-state index contributed by atoms with van der Waals surface area (Å²) in [6.07, 6.45) is 0. The molecule has 101 heavy (non-hydrogen) atoms. The lowest BCUT2D eigenvalue weighted by atomic mass is 9.67. The molecule has 1 aliphatic carbocycles. The van der Waals surface area contributed by atoms with Gasteiger partial charge in [-0.15, -0.1) is 45.3 Å². The van der Waals surface area contributed by atoms with E-state index in [4.69, 9.17) is 29.9 Å². The number of hydrogen-bond acceptors (Lipinski definition) is 10. The first-order valence-electron chi connectivity index (χ1n) is 33.8. The van der Waals surface area contributed by atoms with E-state index in [1.807, 2.05) is 0 Å². The Labute approximate surface area is 596 Å². The second-order valence-corrected chi connectivity index (χ2v) is 30.1. The van der Waals surface area contributed by atoms with Crippen LogP contribution in [0.15, 0.2) is 315 Å². The molecule has 6 nitrogen and oxygen atoms in total. The van der Waals surface area contributed by atoms with Crippen LogP contribution in [0.2, 0.25) is 0 Å². The maximum atomic E-state index is 5.62. The van der Waals surface area contributed by atoms with Crippen molar-refractivity contribution in [3.63, 3.8) is 0 Å². The molecule has 0 spiro atoms. The number of hydrogen-bond donors (Lipinski definition) is 0. The third-order valence-corrected chi connectivity index (χ3v) is 25.1. The van der Waals surface area contributed by atoms with Crippen LogP contribution in [0.3, 0.4) is 0 Å². The Morgan fingerprint density at radius 3 is 1.22 bits per heavy atom. The van der Waals surface area contributed by atoms with Gasteiger partial charge in [0.05, 0.1) is 5.41 Å². The largest absolute Gasteiger partial charge is 0.208 e. The maximum absolute atomic E-state index is 5.62. The third-order valence-electron chi connectivity index (χ3n) is 20.4. The van der Waals surface area contributed by atoms with Crippen molar-refractivity contribution < 1.29 is 0 Å². The first-order valence-corrected chi connectivity index (χ1v) is 37.1. The second-order valence-electron chi connectivity index (χ2n) is 25.8. The van der Waals surface area contributed by atoms with Crippen molar-refractivity contribution in [1.82, 2.24) is 29.9 Å². The zero-order valence-electron chi connectivity index (χ0n) is 53.8. The standard InChI is InChI=1S/C91H52N6S4/c1-3-22-54(23-4-1)58-26-7-8-29-65(58)85-92-87(69-36-21-45-78-81(69)67-31-12-16-44-77(67)98-78)96-88(93-85)72-39-19-34-64-61-51-48-55(52-79(61)101-84(64)72)53-46-49-57(50-47-53)91(56-24-5-2-6-25-56)73-40-13-9-30-66(73)80-68(35-20-41-74(80)91)86-94-89(70-37-17-32-62-59-27-10-14-42-75(59)99-82(62)70)97-90(95-86)71-38-18-33-63-60-28-11-15-43-76(60)100-83(63)71/h1-52H. The minimum absolute atomic E-state index is 0.629. The van der Waals surface area contributed by atoms with Gasteiger partial charge in [-0.1, -0.05) is 267 Å². The Bertz CT molecular complexity index is 6660. The molecule has 0 saturated heterocycles. The maximum Gasteiger partial charge on any atom is 0.165 e. The van der Waals surface area contributed by atoms with Gasteiger partial charge in [0.1, 0.15) is 0 Å². The Morgan fingerprint density at radius 2 is 0.594 bits per heavy atom. The highest BCUT2D eigenvalue weighted by Gasteiger charge is 2.47. The van der Waals surface area contributed by atoms with E-state index < -0.39 is 5.41 Å². The summed E-state index contributed by atoms with van der Waals surface area (Å²) < 4.78 is 9.52. The summed E-state index contributed by atoms with van der Waals surface area (Å²) in [5.74, 6) is 3.83. The lowest BCUT2D eigenvalue weighted by molar-refractivity contribution is 0.768. The number of thiophene rings is 4. The highest BCUT2D eigenvalue weighted by Crippen LogP contribution is 2.59. The molecule has 0 saturated carbocycles. The van der Waals surface area contributed by atoms with E-state index >= 15 is 0 Å². The van der Waals surface area contributed by atoms with Crippen molar-refractivity contribution in [2.24, 2.45) is 0 Å².